The fraction of sp³-hybridized carbons (Fsp3) is 0.176. The first-order valence-electron chi connectivity index (χ1n) is 7.80. The molecule has 0 fully saturated rings. The molecular weight excluding hydrogens is 336 g/mol. The Morgan fingerprint density at radius 1 is 1.24 bits per heavy atom. The molecule has 2 heterocycles. The van der Waals surface area contributed by atoms with Gasteiger partial charge in [0.1, 0.15) is 0 Å². The molecule has 0 saturated carbocycles. The van der Waals surface area contributed by atoms with E-state index < -0.39 is 0 Å². The molecule has 1 amide bonds. The van der Waals surface area contributed by atoms with Crippen molar-refractivity contribution in [3.63, 3.8) is 0 Å². The van der Waals surface area contributed by atoms with Crippen molar-refractivity contribution < 1.29 is 4.79 Å². The summed E-state index contributed by atoms with van der Waals surface area (Å²) in [6.45, 7) is 2.10. The third-order valence-corrected chi connectivity index (χ3v) is 4.51. The first-order chi connectivity index (χ1) is 12.2. The molecule has 0 aliphatic carbocycles. The third kappa shape index (κ3) is 4.16. The summed E-state index contributed by atoms with van der Waals surface area (Å²) in [5.74, 6) is 6.66. The van der Waals surface area contributed by atoms with Crippen LogP contribution in [0, 0.1) is 0 Å². The molecule has 0 spiro atoms. The lowest BCUT2D eigenvalue weighted by Crippen LogP contribution is -2.16. The van der Waals surface area contributed by atoms with Crippen molar-refractivity contribution in [1.29, 1.82) is 0 Å². The molecule has 3 aromatic rings. The topological polar surface area (TPSA) is 98.7 Å². The molecule has 0 radical (unpaired) electrons. The second kappa shape index (κ2) is 7.80. The maximum atomic E-state index is 12.0. The maximum Gasteiger partial charge on any atom is 0.234 e. The first kappa shape index (κ1) is 17.0. The smallest absolute Gasteiger partial charge is 0.234 e. The Morgan fingerprint density at radius 2 is 2.04 bits per heavy atom. The molecule has 1 aromatic carbocycles. The summed E-state index contributed by atoms with van der Waals surface area (Å²) in [6.07, 6.45) is 4.21. The van der Waals surface area contributed by atoms with Crippen molar-refractivity contribution >= 4 is 23.4 Å². The number of amides is 1. The Kier molecular flexibility index (Phi) is 5.30. The zero-order valence-corrected chi connectivity index (χ0v) is 14.5. The van der Waals surface area contributed by atoms with Gasteiger partial charge in [0.2, 0.25) is 11.1 Å². The number of carbonyl (C=O) groups is 1. The van der Waals surface area contributed by atoms with Gasteiger partial charge in [-0.15, -0.1) is 10.2 Å². The molecule has 0 aliphatic rings. The SMILES string of the molecule is CCc1ccc(-c2nnc(SCC(=O)Nc3cccnc3)n2N)cc1. The minimum absolute atomic E-state index is 0.158. The van der Waals surface area contributed by atoms with E-state index in [2.05, 4.69) is 27.4 Å². The summed E-state index contributed by atoms with van der Waals surface area (Å²) in [5, 5.41) is 11.4. The fourth-order valence-corrected chi connectivity index (χ4v) is 2.88. The largest absolute Gasteiger partial charge is 0.335 e. The monoisotopic (exact) mass is 354 g/mol. The predicted octanol–water partition coefficient (Wildman–Crippen LogP) is 2.35. The number of nitrogen functional groups attached to an aromatic ring is 1. The summed E-state index contributed by atoms with van der Waals surface area (Å²) in [6, 6.07) is 11.6. The summed E-state index contributed by atoms with van der Waals surface area (Å²) >= 11 is 1.23. The quantitative estimate of drug-likeness (QED) is 0.521. The summed E-state index contributed by atoms with van der Waals surface area (Å²) in [5.41, 5.74) is 2.78. The van der Waals surface area contributed by atoms with Crippen LogP contribution in [0.3, 0.4) is 0 Å². The van der Waals surface area contributed by atoms with E-state index in [9.17, 15) is 4.79 Å². The lowest BCUT2D eigenvalue weighted by Gasteiger charge is -2.05. The fourth-order valence-electron chi connectivity index (χ4n) is 2.23. The second-order valence-corrected chi connectivity index (χ2v) is 6.25. The Hall–Kier alpha value is -2.87. The number of hydrogen-bond donors (Lipinski definition) is 2. The van der Waals surface area contributed by atoms with Crippen LogP contribution in [0.15, 0.2) is 53.9 Å². The molecule has 3 N–H and O–H groups in total. The van der Waals surface area contributed by atoms with Gasteiger partial charge in [-0.1, -0.05) is 43.0 Å². The molecule has 0 unspecified atom stereocenters. The average Bonchev–Trinajstić information content (AvgIpc) is 3.01. The molecule has 0 aliphatic heterocycles. The zero-order chi connectivity index (χ0) is 17.6. The number of nitrogens with one attached hydrogen (secondary N) is 1. The number of aromatic nitrogens is 4. The number of rotatable bonds is 6. The van der Waals surface area contributed by atoms with Gasteiger partial charge in [0.05, 0.1) is 17.6 Å². The number of benzene rings is 1. The van der Waals surface area contributed by atoms with Crippen LogP contribution in [0.25, 0.3) is 11.4 Å². The highest BCUT2D eigenvalue weighted by Gasteiger charge is 2.14. The highest BCUT2D eigenvalue weighted by atomic mass is 32.2. The molecular formula is C17H18N6OS. The van der Waals surface area contributed by atoms with Crippen molar-refractivity contribution in [2.24, 2.45) is 0 Å². The standard InChI is InChI=1S/C17H18N6OS/c1-2-12-5-7-13(8-6-12)16-21-22-17(23(16)18)25-11-15(24)20-14-4-3-9-19-10-14/h3-10H,2,11,18H2,1H3,(H,20,24). The lowest BCUT2D eigenvalue weighted by atomic mass is 10.1. The summed E-state index contributed by atoms with van der Waals surface area (Å²) in [4.78, 5) is 15.9. The highest BCUT2D eigenvalue weighted by molar-refractivity contribution is 7.99. The summed E-state index contributed by atoms with van der Waals surface area (Å²) in [7, 11) is 0. The van der Waals surface area contributed by atoms with Gasteiger partial charge in [0.15, 0.2) is 5.82 Å². The number of carbonyl (C=O) groups excluding carboxylic acids is 1. The molecule has 128 valence electrons. The van der Waals surface area contributed by atoms with E-state index in [1.165, 1.54) is 22.0 Å². The van der Waals surface area contributed by atoms with E-state index in [1.807, 2.05) is 24.3 Å². The van der Waals surface area contributed by atoms with Crippen molar-refractivity contribution in [3.05, 3.63) is 54.4 Å². The number of nitrogens with zero attached hydrogens (tertiary/aromatic N) is 4. The van der Waals surface area contributed by atoms with Gasteiger partial charge >= 0.3 is 0 Å². The van der Waals surface area contributed by atoms with Crippen LogP contribution in [0.4, 0.5) is 5.69 Å². The summed E-state index contributed by atoms with van der Waals surface area (Å²) < 4.78 is 1.41. The second-order valence-electron chi connectivity index (χ2n) is 5.31. The molecule has 0 atom stereocenters. The number of pyridine rings is 1. The number of thioether (sulfide) groups is 1. The van der Waals surface area contributed by atoms with E-state index in [0.29, 0.717) is 16.7 Å². The molecule has 3 rings (SSSR count). The van der Waals surface area contributed by atoms with E-state index in [1.54, 1.807) is 24.5 Å². The zero-order valence-electron chi connectivity index (χ0n) is 13.7. The van der Waals surface area contributed by atoms with E-state index in [-0.39, 0.29) is 11.7 Å². The lowest BCUT2D eigenvalue weighted by molar-refractivity contribution is -0.113. The first-order valence-corrected chi connectivity index (χ1v) is 8.78. The third-order valence-electron chi connectivity index (χ3n) is 3.56. The van der Waals surface area contributed by atoms with Gasteiger partial charge in [-0.25, -0.2) is 4.68 Å². The van der Waals surface area contributed by atoms with Gasteiger partial charge < -0.3 is 11.2 Å². The normalized spacial score (nSPS) is 10.6. The van der Waals surface area contributed by atoms with Gasteiger partial charge in [-0.3, -0.25) is 9.78 Å². The minimum atomic E-state index is -0.158. The van der Waals surface area contributed by atoms with Crippen molar-refractivity contribution in [2.45, 2.75) is 18.5 Å². The van der Waals surface area contributed by atoms with Crippen LogP contribution in [0.1, 0.15) is 12.5 Å². The molecule has 2 aromatic heterocycles. The molecule has 8 heteroatoms. The molecule has 7 nitrogen and oxygen atoms in total. The Labute approximate surface area is 149 Å². The number of aryl methyl sites for hydroxylation is 1. The molecule has 0 bridgehead atoms. The number of hydrogen-bond acceptors (Lipinski definition) is 6. The Balaban J connectivity index is 1.64. The van der Waals surface area contributed by atoms with Gasteiger partial charge in [0, 0.05) is 11.8 Å². The van der Waals surface area contributed by atoms with Crippen LogP contribution in [0.2, 0.25) is 0 Å². The number of nitrogens with two attached hydrogens (primary N) is 1. The Bertz CT molecular complexity index is 847. The Morgan fingerprint density at radius 3 is 2.72 bits per heavy atom. The molecule has 25 heavy (non-hydrogen) atoms. The van der Waals surface area contributed by atoms with Gasteiger partial charge in [0.25, 0.3) is 0 Å². The van der Waals surface area contributed by atoms with Crippen LogP contribution in [0.5, 0.6) is 0 Å². The van der Waals surface area contributed by atoms with E-state index in [4.69, 9.17) is 5.84 Å². The van der Waals surface area contributed by atoms with E-state index >= 15 is 0 Å². The number of anilines is 1. The van der Waals surface area contributed by atoms with Crippen molar-refractivity contribution in [1.82, 2.24) is 19.9 Å². The van der Waals surface area contributed by atoms with Crippen LogP contribution < -0.4 is 11.2 Å². The average molecular weight is 354 g/mol. The van der Waals surface area contributed by atoms with Crippen LogP contribution >= 0.6 is 11.8 Å². The van der Waals surface area contributed by atoms with Crippen LogP contribution in [-0.4, -0.2) is 31.5 Å². The maximum absolute atomic E-state index is 12.0. The van der Waals surface area contributed by atoms with Crippen LogP contribution in [-0.2, 0) is 11.2 Å². The molecule has 0 saturated heterocycles. The predicted molar refractivity (Wildman–Crippen MR) is 98.6 cm³/mol. The van der Waals surface area contributed by atoms with Gasteiger partial charge in [-0.2, -0.15) is 0 Å². The van der Waals surface area contributed by atoms with Gasteiger partial charge in [-0.05, 0) is 24.1 Å². The van der Waals surface area contributed by atoms with Crippen molar-refractivity contribution in [2.75, 3.05) is 16.9 Å². The minimum Gasteiger partial charge on any atom is -0.335 e. The van der Waals surface area contributed by atoms with E-state index in [0.717, 1.165) is 12.0 Å². The van der Waals surface area contributed by atoms with Crippen molar-refractivity contribution in [3.8, 4) is 11.4 Å². The highest BCUT2D eigenvalue weighted by Crippen LogP contribution is 2.22.